The molecule has 0 unspecified atom stereocenters. The minimum atomic E-state index is -1.86. The highest BCUT2D eigenvalue weighted by Crippen LogP contribution is 2.44. The molecule has 2 aromatic carbocycles. The number of aliphatic hydroxyl groups is 1. The van der Waals surface area contributed by atoms with Crippen LogP contribution in [0.15, 0.2) is 71.5 Å². The number of rotatable bonds is 6. The lowest BCUT2D eigenvalue weighted by Gasteiger charge is -2.22. The monoisotopic (exact) mass is 452 g/mol. The third-order valence-electron chi connectivity index (χ3n) is 5.25. The first-order valence-electron chi connectivity index (χ1n) is 9.55. The molecule has 2 heterocycles. The summed E-state index contributed by atoms with van der Waals surface area (Å²) in [6, 6.07) is 16.4. The molecule has 0 spiro atoms. The minimum absolute atomic E-state index is 0.274. The van der Waals surface area contributed by atoms with Crippen LogP contribution in [0.25, 0.3) is 5.69 Å². The standard InChI is InChI=1S/C23H21BrN2O3/c1-2-11-26-20-10-7-17(24)14-19(20)23(29,22(26)28)15-21(27)16-5-8-18(9-6-16)25-12-3-4-13-25/h3-10,12-14,29H,2,11,15H2,1H3/t23-/m0/s1. The molecule has 0 bridgehead atoms. The van der Waals surface area contributed by atoms with E-state index in [1.807, 2.05) is 54.2 Å². The van der Waals surface area contributed by atoms with Crippen molar-refractivity contribution < 1.29 is 14.7 Å². The Morgan fingerprint density at radius 3 is 2.45 bits per heavy atom. The van der Waals surface area contributed by atoms with E-state index in [4.69, 9.17) is 0 Å². The maximum Gasteiger partial charge on any atom is 0.264 e. The molecule has 0 aliphatic carbocycles. The van der Waals surface area contributed by atoms with Crippen LogP contribution in [0, 0.1) is 0 Å². The van der Waals surface area contributed by atoms with Crippen LogP contribution in [0.5, 0.6) is 0 Å². The summed E-state index contributed by atoms with van der Waals surface area (Å²) in [4.78, 5) is 27.6. The van der Waals surface area contributed by atoms with Gasteiger partial charge >= 0.3 is 0 Å². The molecule has 0 saturated carbocycles. The van der Waals surface area contributed by atoms with E-state index < -0.39 is 11.5 Å². The van der Waals surface area contributed by atoms with Gasteiger partial charge in [-0.05, 0) is 61.0 Å². The van der Waals surface area contributed by atoms with Crippen molar-refractivity contribution in [2.45, 2.75) is 25.4 Å². The number of nitrogens with zero attached hydrogens (tertiary/aromatic N) is 2. The summed E-state index contributed by atoms with van der Waals surface area (Å²) in [6.45, 7) is 2.47. The zero-order valence-corrected chi connectivity index (χ0v) is 17.6. The first kappa shape index (κ1) is 19.6. The Bertz CT molecular complexity index is 1060. The third kappa shape index (κ3) is 3.43. The molecule has 148 valence electrons. The van der Waals surface area contributed by atoms with Gasteiger partial charge in [-0.2, -0.15) is 0 Å². The number of anilines is 1. The van der Waals surface area contributed by atoms with E-state index in [9.17, 15) is 14.7 Å². The molecule has 5 nitrogen and oxygen atoms in total. The Morgan fingerprint density at radius 1 is 1.10 bits per heavy atom. The van der Waals surface area contributed by atoms with Crippen molar-refractivity contribution in [3.8, 4) is 5.69 Å². The summed E-state index contributed by atoms with van der Waals surface area (Å²) in [5.74, 6) is -0.714. The summed E-state index contributed by atoms with van der Waals surface area (Å²) < 4.78 is 2.70. The van der Waals surface area contributed by atoms with Crippen LogP contribution in [0.3, 0.4) is 0 Å². The highest BCUT2D eigenvalue weighted by atomic mass is 79.9. The highest BCUT2D eigenvalue weighted by Gasteiger charge is 2.50. The van der Waals surface area contributed by atoms with Crippen LogP contribution in [0.4, 0.5) is 5.69 Å². The zero-order chi connectivity index (χ0) is 20.6. The number of ketones is 1. The van der Waals surface area contributed by atoms with Gasteiger partial charge in [0.2, 0.25) is 0 Å². The van der Waals surface area contributed by atoms with Crippen LogP contribution in [-0.4, -0.2) is 27.9 Å². The van der Waals surface area contributed by atoms with Crippen molar-refractivity contribution in [1.29, 1.82) is 0 Å². The Labute approximate surface area is 177 Å². The normalized spacial score (nSPS) is 18.2. The van der Waals surface area contributed by atoms with Gasteiger partial charge < -0.3 is 14.6 Å². The Hall–Kier alpha value is -2.70. The van der Waals surface area contributed by atoms with Crippen molar-refractivity contribution in [2.24, 2.45) is 0 Å². The smallest absolute Gasteiger partial charge is 0.264 e. The molecule has 6 heteroatoms. The molecule has 3 aromatic rings. The maximum atomic E-state index is 13.1. The summed E-state index contributed by atoms with van der Waals surface area (Å²) in [6.07, 6.45) is 4.31. The highest BCUT2D eigenvalue weighted by molar-refractivity contribution is 9.10. The molecule has 29 heavy (non-hydrogen) atoms. The predicted molar refractivity (Wildman–Crippen MR) is 115 cm³/mol. The molecule has 1 atom stereocenters. The SMILES string of the molecule is CCCN1C(=O)[C@](O)(CC(=O)c2ccc(-n3cccc3)cc2)c2cc(Br)ccc21. The van der Waals surface area contributed by atoms with Gasteiger partial charge in [0.25, 0.3) is 5.91 Å². The number of hydrogen-bond donors (Lipinski definition) is 1. The second-order valence-electron chi connectivity index (χ2n) is 7.22. The van der Waals surface area contributed by atoms with E-state index in [1.165, 1.54) is 0 Å². The second-order valence-corrected chi connectivity index (χ2v) is 8.13. The fraction of sp³-hybridized carbons (Fsp3) is 0.217. The Balaban J connectivity index is 1.63. The van der Waals surface area contributed by atoms with Gasteiger partial charge in [-0.1, -0.05) is 22.9 Å². The lowest BCUT2D eigenvalue weighted by molar-refractivity contribution is -0.135. The van der Waals surface area contributed by atoms with Gasteiger partial charge in [0.15, 0.2) is 11.4 Å². The first-order valence-corrected chi connectivity index (χ1v) is 10.3. The van der Waals surface area contributed by atoms with Gasteiger partial charge in [0, 0.05) is 40.2 Å². The van der Waals surface area contributed by atoms with Crippen molar-refractivity contribution in [1.82, 2.24) is 4.57 Å². The average Bonchev–Trinajstić information content (AvgIpc) is 3.32. The van der Waals surface area contributed by atoms with Gasteiger partial charge in [0.05, 0.1) is 12.1 Å². The van der Waals surface area contributed by atoms with Crippen LogP contribution in [-0.2, 0) is 10.4 Å². The van der Waals surface area contributed by atoms with Crippen molar-refractivity contribution in [2.75, 3.05) is 11.4 Å². The number of fused-ring (bicyclic) bond motifs is 1. The molecule has 1 amide bonds. The summed E-state index contributed by atoms with van der Waals surface area (Å²) in [5.41, 5.74) is 0.684. The number of carbonyl (C=O) groups excluding carboxylic acids is 2. The van der Waals surface area contributed by atoms with E-state index in [2.05, 4.69) is 15.9 Å². The fourth-order valence-electron chi connectivity index (χ4n) is 3.80. The summed E-state index contributed by atoms with van der Waals surface area (Å²) >= 11 is 3.41. The van der Waals surface area contributed by atoms with Crippen LogP contribution >= 0.6 is 15.9 Å². The quantitative estimate of drug-likeness (QED) is 0.561. The van der Waals surface area contributed by atoms with E-state index >= 15 is 0 Å². The molecule has 0 radical (unpaired) electrons. The molecule has 1 aliphatic rings. The molecule has 1 N–H and O–H groups in total. The number of carbonyl (C=O) groups is 2. The maximum absolute atomic E-state index is 13.1. The number of hydrogen-bond acceptors (Lipinski definition) is 3. The predicted octanol–water partition coefficient (Wildman–Crippen LogP) is 4.46. The molecule has 0 fully saturated rings. The zero-order valence-electron chi connectivity index (χ0n) is 16.0. The second kappa shape index (κ2) is 7.61. The number of halogens is 1. The van der Waals surface area contributed by atoms with Crippen LogP contribution in [0.1, 0.15) is 35.7 Å². The molecule has 4 rings (SSSR count). The lowest BCUT2D eigenvalue weighted by Crippen LogP contribution is -2.42. The topological polar surface area (TPSA) is 62.5 Å². The molecular formula is C23H21BrN2O3. The van der Waals surface area contributed by atoms with E-state index in [0.29, 0.717) is 23.4 Å². The largest absolute Gasteiger partial charge is 0.375 e. The number of amides is 1. The van der Waals surface area contributed by atoms with Gasteiger partial charge in [-0.3, -0.25) is 9.59 Å². The summed E-state index contributed by atoms with van der Waals surface area (Å²) in [7, 11) is 0. The molecular weight excluding hydrogens is 432 g/mol. The van der Waals surface area contributed by atoms with Crippen LogP contribution < -0.4 is 4.90 Å². The van der Waals surface area contributed by atoms with E-state index in [0.717, 1.165) is 16.6 Å². The molecule has 0 saturated heterocycles. The van der Waals surface area contributed by atoms with Crippen molar-refractivity contribution in [3.05, 3.63) is 82.6 Å². The van der Waals surface area contributed by atoms with Crippen LogP contribution in [0.2, 0.25) is 0 Å². The van der Waals surface area contributed by atoms with Gasteiger partial charge in [-0.25, -0.2) is 0 Å². The van der Waals surface area contributed by atoms with Crippen molar-refractivity contribution >= 4 is 33.3 Å². The van der Waals surface area contributed by atoms with Gasteiger partial charge in [0.1, 0.15) is 0 Å². The number of aromatic nitrogens is 1. The van der Waals surface area contributed by atoms with Gasteiger partial charge in [-0.15, -0.1) is 0 Å². The number of Topliss-reactive ketones (excluding diaryl/α,β-unsaturated/α-hetero) is 1. The average molecular weight is 453 g/mol. The van der Waals surface area contributed by atoms with Crippen molar-refractivity contribution in [3.63, 3.8) is 0 Å². The Morgan fingerprint density at radius 2 is 1.79 bits per heavy atom. The van der Waals surface area contributed by atoms with E-state index in [-0.39, 0.29) is 12.2 Å². The first-order chi connectivity index (χ1) is 13.9. The fourth-order valence-corrected chi connectivity index (χ4v) is 4.16. The third-order valence-corrected chi connectivity index (χ3v) is 5.74. The van der Waals surface area contributed by atoms with E-state index in [1.54, 1.807) is 29.2 Å². The minimum Gasteiger partial charge on any atom is -0.375 e. The summed E-state index contributed by atoms with van der Waals surface area (Å²) in [5, 5.41) is 11.3. The lowest BCUT2D eigenvalue weighted by atomic mass is 9.88. The number of benzene rings is 2. The molecule has 1 aliphatic heterocycles. The Kier molecular flexibility index (Phi) is 5.15. The molecule has 1 aromatic heterocycles.